The average molecular weight is 254 g/mol. The van der Waals surface area contributed by atoms with Crippen LogP contribution >= 0.6 is 0 Å². The lowest BCUT2D eigenvalue weighted by Crippen LogP contribution is -2.41. The van der Waals surface area contributed by atoms with Crippen LogP contribution in [0.15, 0.2) is 15.7 Å². The van der Waals surface area contributed by atoms with E-state index in [1.807, 2.05) is 13.8 Å². The molecule has 1 heterocycles. The summed E-state index contributed by atoms with van der Waals surface area (Å²) in [6.45, 7) is 5.66. The normalized spacial score (nSPS) is 13.7. The highest BCUT2D eigenvalue weighted by atomic mass is 16.5. The number of amides is 1. The number of hydrogen-bond donors (Lipinski definition) is 3. The van der Waals surface area contributed by atoms with Crippen LogP contribution in [-0.2, 0) is 11.3 Å². The molecule has 100 valence electrons. The molecule has 0 bridgehead atoms. The van der Waals surface area contributed by atoms with Gasteiger partial charge in [-0.25, -0.2) is 0 Å². The van der Waals surface area contributed by atoms with E-state index < -0.39 is 5.92 Å². The smallest absolute Gasteiger partial charge is 0.231 e. The Hall–Kier alpha value is -2.05. The van der Waals surface area contributed by atoms with Crippen LogP contribution < -0.4 is 11.1 Å². The molecule has 0 radical (unpaired) electrons. The maximum atomic E-state index is 11.9. The number of rotatable bonds is 5. The highest BCUT2D eigenvalue weighted by Gasteiger charge is 2.26. The zero-order valence-electron chi connectivity index (χ0n) is 10.7. The molecule has 1 amide bonds. The van der Waals surface area contributed by atoms with Crippen LogP contribution in [0.5, 0.6) is 0 Å². The summed E-state index contributed by atoms with van der Waals surface area (Å²) in [4.78, 5) is 11.9. The van der Waals surface area contributed by atoms with Gasteiger partial charge < -0.3 is 20.8 Å². The fourth-order valence-electron chi connectivity index (χ4n) is 1.62. The van der Waals surface area contributed by atoms with Crippen molar-refractivity contribution in [1.29, 1.82) is 0 Å². The third-order valence-corrected chi connectivity index (χ3v) is 2.50. The van der Waals surface area contributed by atoms with Gasteiger partial charge in [0, 0.05) is 6.07 Å². The van der Waals surface area contributed by atoms with E-state index in [4.69, 9.17) is 15.5 Å². The predicted octanol–water partition coefficient (Wildman–Crippen LogP) is 0.618. The molecule has 0 spiro atoms. The van der Waals surface area contributed by atoms with E-state index in [1.54, 1.807) is 13.0 Å². The number of oxime groups is 1. The number of hydrogen-bond acceptors (Lipinski definition) is 5. The molecule has 1 atom stereocenters. The second-order valence-corrected chi connectivity index (χ2v) is 4.40. The molecule has 7 nitrogen and oxygen atoms in total. The molecule has 4 N–H and O–H groups in total. The van der Waals surface area contributed by atoms with Crippen LogP contribution in [0.4, 0.5) is 0 Å². The molecule has 0 saturated carbocycles. The Bertz CT molecular complexity index is 439. The summed E-state index contributed by atoms with van der Waals surface area (Å²) in [6.07, 6.45) is 0. The van der Waals surface area contributed by atoms with Crippen LogP contribution in [-0.4, -0.2) is 22.1 Å². The summed E-state index contributed by atoms with van der Waals surface area (Å²) in [5.41, 5.74) is 6.24. The number of carbonyl (C=O) groups excluding carboxylic acids is 1. The first-order chi connectivity index (χ1) is 8.45. The summed E-state index contributed by atoms with van der Waals surface area (Å²) in [7, 11) is 0. The fourth-order valence-corrected chi connectivity index (χ4v) is 1.62. The van der Waals surface area contributed by atoms with Crippen molar-refractivity contribution in [2.24, 2.45) is 22.7 Å². The van der Waals surface area contributed by atoms with Crippen molar-refractivity contribution in [1.82, 2.24) is 10.5 Å². The van der Waals surface area contributed by atoms with Crippen LogP contribution in [0.25, 0.3) is 0 Å². The number of aromatic nitrogens is 1. The maximum Gasteiger partial charge on any atom is 0.231 e. The predicted molar refractivity (Wildman–Crippen MR) is 64.8 cm³/mol. The molecular formula is C11H18N4O3. The molecule has 0 aromatic carbocycles. The number of nitrogens with two attached hydrogens (primary N) is 1. The number of nitrogens with zero attached hydrogens (tertiary/aromatic N) is 2. The lowest BCUT2D eigenvalue weighted by molar-refractivity contribution is -0.124. The minimum absolute atomic E-state index is 0.0719. The highest BCUT2D eigenvalue weighted by Crippen LogP contribution is 2.12. The first-order valence-corrected chi connectivity index (χ1v) is 5.63. The SMILES string of the molecule is Cc1cc(CNC(=O)C(/C(N)=N/O)C(C)C)on1. The summed E-state index contributed by atoms with van der Waals surface area (Å²) in [5, 5.41) is 17.9. The minimum atomic E-state index is -0.668. The highest BCUT2D eigenvalue weighted by molar-refractivity contribution is 6.02. The van der Waals surface area contributed by atoms with Crippen molar-refractivity contribution in [2.45, 2.75) is 27.3 Å². The fraction of sp³-hybridized carbons (Fsp3) is 0.545. The Morgan fingerprint density at radius 3 is 2.78 bits per heavy atom. The number of aryl methyl sites for hydroxylation is 1. The number of carbonyl (C=O) groups is 1. The van der Waals surface area contributed by atoms with E-state index in [0.717, 1.165) is 5.69 Å². The molecular weight excluding hydrogens is 236 g/mol. The van der Waals surface area contributed by atoms with Gasteiger partial charge in [0.25, 0.3) is 0 Å². The van der Waals surface area contributed by atoms with E-state index in [2.05, 4.69) is 15.6 Å². The maximum absolute atomic E-state index is 11.9. The van der Waals surface area contributed by atoms with Gasteiger partial charge in [0.05, 0.1) is 12.2 Å². The minimum Gasteiger partial charge on any atom is -0.409 e. The van der Waals surface area contributed by atoms with Gasteiger partial charge >= 0.3 is 0 Å². The van der Waals surface area contributed by atoms with Gasteiger partial charge in [-0.3, -0.25) is 4.79 Å². The molecule has 0 saturated heterocycles. The first-order valence-electron chi connectivity index (χ1n) is 5.63. The Morgan fingerprint density at radius 2 is 2.33 bits per heavy atom. The van der Waals surface area contributed by atoms with E-state index >= 15 is 0 Å². The van der Waals surface area contributed by atoms with Gasteiger partial charge in [0.1, 0.15) is 5.92 Å². The lowest BCUT2D eigenvalue weighted by atomic mass is 9.94. The average Bonchev–Trinajstić information content (AvgIpc) is 2.72. The quantitative estimate of drug-likeness (QED) is 0.308. The van der Waals surface area contributed by atoms with Crippen LogP contribution in [0.1, 0.15) is 25.3 Å². The molecule has 1 unspecified atom stereocenters. The molecule has 0 aliphatic rings. The zero-order chi connectivity index (χ0) is 13.7. The van der Waals surface area contributed by atoms with E-state index in [1.165, 1.54) is 0 Å². The summed E-state index contributed by atoms with van der Waals surface area (Å²) >= 11 is 0. The van der Waals surface area contributed by atoms with Crippen molar-refractivity contribution in [3.05, 3.63) is 17.5 Å². The standard InChI is InChI=1S/C11H18N4O3/c1-6(2)9(10(12)14-17)11(16)13-5-8-4-7(3)15-18-8/h4,6,9,17H,5H2,1-3H3,(H2,12,14)(H,13,16). The largest absolute Gasteiger partial charge is 0.409 e. The van der Waals surface area contributed by atoms with Gasteiger partial charge in [-0.2, -0.15) is 0 Å². The molecule has 0 fully saturated rings. The van der Waals surface area contributed by atoms with Gasteiger partial charge in [-0.1, -0.05) is 24.2 Å². The summed E-state index contributed by atoms with van der Waals surface area (Å²) in [6, 6.07) is 1.73. The van der Waals surface area contributed by atoms with Gasteiger partial charge in [-0.15, -0.1) is 0 Å². The van der Waals surface area contributed by atoms with Crippen molar-refractivity contribution in [3.63, 3.8) is 0 Å². The van der Waals surface area contributed by atoms with Gasteiger partial charge in [0.15, 0.2) is 11.6 Å². The summed E-state index contributed by atoms with van der Waals surface area (Å²) < 4.78 is 4.97. The topological polar surface area (TPSA) is 114 Å². The third-order valence-electron chi connectivity index (χ3n) is 2.50. The Kier molecular flexibility index (Phi) is 4.70. The molecule has 7 heteroatoms. The second kappa shape index (κ2) is 6.04. The van der Waals surface area contributed by atoms with Crippen molar-refractivity contribution in [3.8, 4) is 0 Å². The van der Waals surface area contributed by atoms with Gasteiger partial charge in [-0.05, 0) is 12.8 Å². The van der Waals surface area contributed by atoms with Crippen LogP contribution in [0.3, 0.4) is 0 Å². The third kappa shape index (κ3) is 3.47. The second-order valence-electron chi connectivity index (χ2n) is 4.40. The number of amidine groups is 1. The summed E-state index contributed by atoms with van der Waals surface area (Å²) in [5.74, 6) is -0.593. The van der Waals surface area contributed by atoms with E-state index in [0.29, 0.717) is 5.76 Å². The Labute approximate surface area is 105 Å². The Balaban J connectivity index is 2.62. The van der Waals surface area contributed by atoms with Gasteiger partial charge in [0.2, 0.25) is 5.91 Å². The molecule has 18 heavy (non-hydrogen) atoms. The van der Waals surface area contributed by atoms with E-state index in [-0.39, 0.29) is 24.2 Å². The van der Waals surface area contributed by atoms with Crippen molar-refractivity contribution >= 4 is 11.7 Å². The Morgan fingerprint density at radius 1 is 1.67 bits per heavy atom. The molecule has 0 aliphatic carbocycles. The number of nitrogens with one attached hydrogen (secondary N) is 1. The lowest BCUT2D eigenvalue weighted by Gasteiger charge is -2.18. The zero-order valence-corrected chi connectivity index (χ0v) is 10.7. The monoisotopic (exact) mass is 254 g/mol. The van der Waals surface area contributed by atoms with E-state index in [9.17, 15) is 4.79 Å². The van der Waals surface area contributed by atoms with Crippen LogP contribution in [0, 0.1) is 18.8 Å². The molecule has 1 aromatic heterocycles. The van der Waals surface area contributed by atoms with Crippen molar-refractivity contribution in [2.75, 3.05) is 0 Å². The molecule has 0 aliphatic heterocycles. The van der Waals surface area contributed by atoms with Crippen LogP contribution in [0.2, 0.25) is 0 Å². The molecule has 1 aromatic rings. The van der Waals surface area contributed by atoms with Crippen molar-refractivity contribution < 1.29 is 14.5 Å². The first kappa shape index (κ1) is 14.0. The molecule has 1 rings (SSSR count).